The second-order valence-electron chi connectivity index (χ2n) is 4.80. The van der Waals surface area contributed by atoms with Gasteiger partial charge in [0.25, 0.3) is 5.69 Å². The number of piperazine rings is 1. The lowest BCUT2D eigenvalue weighted by Gasteiger charge is -2.33. The summed E-state index contributed by atoms with van der Waals surface area (Å²) in [5.74, 6) is -0.267. The lowest BCUT2D eigenvalue weighted by Crippen LogP contribution is -2.45. The molecule has 1 fully saturated rings. The number of ether oxygens (including phenoxy) is 1. The van der Waals surface area contributed by atoms with Gasteiger partial charge in [0.2, 0.25) is 0 Å². The molecule has 1 aliphatic heterocycles. The third-order valence-corrected chi connectivity index (χ3v) is 3.62. The van der Waals surface area contributed by atoms with Crippen LogP contribution in [-0.2, 0) is 0 Å². The zero-order chi connectivity index (χ0) is 15.4. The molecule has 7 nitrogen and oxygen atoms in total. The number of methoxy groups -OCH3 is 1. The number of phenolic OH excluding ortho intramolecular Hbond substituents is 1. The summed E-state index contributed by atoms with van der Waals surface area (Å²) < 4.78 is 18.4. The summed E-state index contributed by atoms with van der Waals surface area (Å²) in [5, 5.41) is 24.3. The summed E-state index contributed by atoms with van der Waals surface area (Å²) in [4.78, 5) is 12.2. The van der Waals surface area contributed by atoms with Crippen molar-refractivity contribution in [3.05, 3.63) is 27.8 Å². The first-order valence-corrected chi connectivity index (χ1v) is 6.64. The molecule has 0 radical (unpaired) electrons. The van der Waals surface area contributed by atoms with Crippen molar-refractivity contribution in [3.8, 4) is 11.5 Å². The van der Waals surface area contributed by atoms with Gasteiger partial charge in [0.1, 0.15) is 6.67 Å². The summed E-state index contributed by atoms with van der Waals surface area (Å²) in [7, 11) is 1.30. The highest BCUT2D eigenvalue weighted by Gasteiger charge is 2.28. The molecule has 0 spiro atoms. The van der Waals surface area contributed by atoms with Crippen molar-refractivity contribution in [2.75, 3.05) is 40.0 Å². The van der Waals surface area contributed by atoms with E-state index in [0.717, 1.165) is 6.07 Å². The fourth-order valence-electron chi connectivity index (χ4n) is 2.50. The average Bonchev–Trinajstić information content (AvgIpc) is 2.50. The number of hydrogen-bond donors (Lipinski definition) is 2. The number of nitrogens with zero attached hydrogens (tertiary/aromatic N) is 2. The van der Waals surface area contributed by atoms with Crippen LogP contribution in [0.4, 0.5) is 10.1 Å². The lowest BCUT2D eigenvalue weighted by molar-refractivity contribution is -0.385. The molecule has 1 aromatic carbocycles. The van der Waals surface area contributed by atoms with Crippen molar-refractivity contribution < 1.29 is 19.2 Å². The van der Waals surface area contributed by atoms with Crippen molar-refractivity contribution in [2.24, 2.45) is 0 Å². The van der Waals surface area contributed by atoms with Gasteiger partial charge >= 0.3 is 0 Å². The van der Waals surface area contributed by atoms with Crippen LogP contribution < -0.4 is 10.1 Å². The number of nitro groups is 1. The molecule has 0 aliphatic carbocycles. The maximum Gasteiger partial charge on any atom is 0.273 e. The van der Waals surface area contributed by atoms with E-state index in [4.69, 9.17) is 4.74 Å². The zero-order valence-corrected chi connectivity index (χ0v) is 11.7. The van der Waals surface area contributed by atoms with Crippen LogP contribution in [0.15, 0.2) is 12.1 Å². The first kappa shape index (κ1) is 15.5. The maximum absolute atomic E-state index is 13.5. The van der Waals surface area contributed by atoms with E-state index in [9.17, 15) is 19.6 Å². The molecule has 0 aromatic heterocycles. The van der Waals surface area contributed by atoms with E-state index in [-0.39, 0.29) is 22.7 Å². The minimum Gasteiger partial charge on any atom is -0.504 e. The van der Waals surface area contributed by atoms with E-state index in [2.05, 4.69) is 5.32 Å². The van der Waals surface area contributed by atoms with Gasteiger partial charge in [0.15, 0.2) is 11.5 Å². The van der Waals surface area contributed by atoms with Gasteiger partial charge in [-0.05, 0) is 0 Å². The van der Waals surface area contributed by atoms with Crippen LogP contribution in [0.2, 0.25) is 0 Å². The molecule has 0 amide bonds. The van der Waals surface area contributed by atoms with Gasteiger partial charge in [-0.2, -0.15) is 0 Å². The molecule has 2 N–H and O–H groups in total. The van der Waals surface area contributed by atoms with E-state index in [0.29, 0.717) is 26.2 Å². The molecule has 2 rings (SSSR count). The summed E-state index contributed by atoms with van der Waals surface area (Å²) in [5.41, 5.74) is -0.0429. The third-order valence-electron chi connectivity index (χ3n) is 3.62. The van der Waals surface area contributed by atoms with Crippen LogP contribution in [0.3, 0.4) is 0 Å². The van der Waals surface area contributed by atoms with Crippen LogP contribution in [0.25, 0.3) is 0 Å². The molecule has 1 aliphatic rings. The Morgan fingerprint density at radius 1 is 1.52 bits per heavy atom. The smallest absolute Gasteiger partial charge is 0.273 e. The Kier molecular flexibility index (Phi) is 4.92. The van der Waals surface area contributed by atoms with E-state index in [1.165, 1.54) is 13.2 Å². The number of nitrogens with one attached hydrogen (secondary N) is 1. The highest BCUT2D eigenvalue weighted by Crippen LogP contribution is 2.39. The fraction of sp³-hybridized carbons (Fsp3) is 0.538. The van der Waals surface area contributed by atoms with Gasteiger partial charge in [-0.3, -0.25) is 15.0 Å². The van der Waals surface area contributed by atoms with Crippen LogP contribution in [-0.4, -0.2) is 54.9 Å². The largest absolute Gasteiger partial charge is 0.504 e. The van der Waals surface area contributed by atoms with Crippen LogP contribution in [0, 0.1) is 10.1 Å². The minimum absolute atomic E-state index is 0.0206. The number of alkyl halides is 1. The van der Waals surface area contributed by atoms with E-state index in [1.54, 1.807) is 0 Å². The number of phenols is 1. The number of aromatic hydroxyl groups is 1. The Labute approximate surface area is 121 Å². The number of non-ortho nitro benzene ring substituents is 1. The van der Waals surface area contributed by atoms with Crippen molar-refractivity contribution in [1.82, 2.24) is 10.2 Å². The van der Waals surface area contributed by atoms with Gasteiger partial charge in [-0.25, -0.2) is 4.39 Å². The van der Waals surface area contributed by atoms with Gasteiger partial charge in [0, 0.05) is 37.8 Å². The quantitative estimate of drug-likeness (QED) is 0.628. The van der Waals surface area contributed by atoms with E-state index < -0.39 is 17.6 Å². The topological polar surface area (TPSA) is 87.9 Å². The molecule has 1 atom stereocenters. The lowest BCUT2D eigenvalue weighted by atomic mass is 10.0. The highest BCUT2D eigenvalue weighted by atomic mass is 19.1. The molecule has 8 heteroatoms. The highest BCUT2D eigenvalue weighted by molar-refractivity contribution is 5.54. The Balaban J connectivity index is 2.43. The number of halogens is 1. The predicted molar refractivity (Wildman–Crippen MR) is 74.5 cm³/mol. The Morgan fingerprint density at radius 2 is 2.19 bits per heavy atom. The van der Waals surface area contributed by atoms with Crippen LogP contribution in [0.5, 0.6) is 11.5 Å². The summed E-state index contributed by atoms with van der Waals surface area (Å²) >= 11 is 0. The molecule has 1 heterocycles. The van der Waals surface area contributed by atoms with Gasteiger partial charge < -0.3 is 15.2 Å². The summed E-state index contributed by atoms with van der Waals surface area (Å²) in [6.45, 7) is 1.91. The average molecular weight is 299 g/mol. The summed E-state index contributed by atoms with van der Waals surface area (Å²) in [6.07, 6.45) is 0. The molecule has 0 bridgehead atoms. The number of benzene rings is 1. The monoisotopic (exact) mass is 299 g/mol. The first-order valence-electron chi connectivity index (χ1n) is 6.64. The minimum atomic E-state index is -0.738. The molecule has 0 unspecified atom stereocenters. The molecular weight excluding hydrogens is 281 g/mol. The maximum atomic E-state index is 13.5. The van der Waals surface area contributed by atoms with E-state index in [1.807, 2.05) is 4.90 Å². The molecule has 116 valence electrons. The van der Waals surface area contributed by atoms with Gasteiger partial charge in [0.05, 0.1) is 24.1 Å². The van der Waals surface area contributed by atoms with Gasteiger partial charge in [-0.1, -0.05) is 0 Å². The molecule has 1 saturated heterocycles. The van der Waals surface area contributed by atoms with Gasteiger partial charge in [-0.15, -0.1) is 0 Å². The standard InChI is InChI=1S/C13H18FN3O4/c1-21-12-7-9(17(19)20)6-10(13(12)18)11(8-14)16-4-2-15-3-5-16/h6-7,11,15,18H,2-5,8H2,1H3/t11-/m1/s1. The number of nitro benzene ring substituents is 1. The third kappa shape index (κ3) is 3.22. The molecule has 1 aromatic rings. The Morgan fingerprint density at radius 3 is 2.71 bits per heavy atom. The Bertz CT molecular complexity index is 520. The van der Waals surface area contributed by atoms with Crippen molar-refractivity contribution in [2.45, 2.75) is 6.04 Å². The van der Waals surface area contributed by atoms with Crippen LogP contribution in [0.1, 0.15) is 11.6 Å². The Hall–Kier alpha value is -1.93. The fourth-order valence-corrected chi connectivity index (χ4v) is 2.50. The zero-order valence-electron chi connectivity index (χ0n) is 11.7. The molecule has 21 heavy (non-hydrogen) atoms. The SMILES string of the molecule is COc1cc([N+](=O)[O-])cc([C@@H](CF)N2CCNCC2)c1O. The number of hydrogen-bond acceptors (Lipinski definition) is 6. The molecular formula is C13H18FN3O4. The van der Waals surface area contributed by atoms with Crippen molar-refractivity contribution >= 4 is 5.69 Å². The van der Waals surface area contributed by atoms with Crippen LogP contribution >= 0.6 is 0 Å². The molecule has 0 saturated carbocycles. The predicted octanol–water partition coefficient (Wildman–Crippen LogP) is 1.22. The normalized spacial score (nSPS) is 17.4. The van der Waals surface area contributed by atoms with Crippen molar-refractivity contribution in [3.63, 3.8) is 0 Å². The van der Waals surface area contributed by atoms with E-state index >= 15 is 0 Å². The first-order chi connectivity index (χ1) is 10.1. The second kappa shape index (κ2) is 6.68. The number of rotatable bonds is 5. The van der Waals surface area contributed by atoms with Crippen molar-refractivity contribution in [1.29, 1.82) is 0 Å². The summed E-state index contributed by atoms with van der Waals surface area (Å²) in [6, 6.07) is 1.62. The second-order valence-corrected chi connectivity index (χ2v) is 4.80.